The van der Waals surface area contributed by atoms with Crippen molar-refractivity contribution in [3.63, 3.8) is 0 Å². The van der Waals surface area contributed by atoms with Crippen LogP contribution < -0.4 is 15.1 Å². The Balaban J connectivity index is 1.38. The topological polar surface area (TPSA) is 79.3 Å². The van der Waals surface area contributed by atoms with Crippen molar-refractivity contribution in [1.29, 1.82) is 0 Å². The van der Waals surface area contributed by atoms with E-state index in [1.807, 2.05) is 17.3 Å². The van der Waals surface area contributed by atoms with Gasteiger partial charge < -0.3 is 19.9 Å². The summed E-state index contributed by atoms with van der Waals surface area (Å²) in [7, 11) is 1.56. The molecule has 0 spiro atoms. The fourth-order valence-corrected chi connectivity index (χ4v) is 5.29. The van der Waals surface area contributed by atoms with Crippen LogP contribution in [0.1, 0.15) is 51.5 Å². The number of nitrogens with zero attached hydrogens (tertiary/aromatic N) is 6. The van der Waals surface area contributed by atoms with Gasteiger partial charge in [-0.25, -0.2) is 19.3 Å². The minimum Gasteiger partial charge on any atom is -0.378 e. The molecule has 3 aromatic heterocycles. The van der Waals surface area contributed by atoms with Gasteiger partial charge in [-0.05, 0) is 47.8 Å². The van der Waals surface area contributed by atoms with Crippen molar-refractivity contribution >= 4 is 34.2 Å². The van der Waals surface area contributed by atoms with E-state index < -0.39 is 6.17 Å². The van der Waals surface area contributed by atoms with Crippen molar-refractivity contribution < 1.29 is 9.13 Å². The third-order valence-electron chi connectivity index (χ3n) is 7.32. The fourth-order valence-electron chi connectivity index (χ4n) is 5.29. The molecule has 0 saturated carbocycles. The van der Waals surface area contributed by atoms with Crippen LogP contribution in [0.3, 0.4) is 0 Å². The second-order valence-electron chi connectivity index (χ2n) is 10.3. The molecule has 5 rings (SSSR count). The number of pyridine rings is 2. The average molecular weight is 494 g/mol. The number of nitrogens with one attached hydrogen (secondary N) is 1. The first kappa shape index (κ1) is 24.6. The predicted octanol–water partition coefficient (Wildman–Crippen LogP) is 5.09. The average Bonchev–Trinajstić information content (AvgIpc) is 2.85. The van der Waals surface area contributed by atoms with E-state index in [0.717, 1.165) is 35.6 Å². The largest absolute Gasteiger partial charge is 0.378 e. The Morgan fingerprint density at radius 3 is 2.64 bits per heavy atom. The van der Waals surface area contributed by atoms with Crippen LogP contribution in [-0.2, 0) is 4.74 Å². The Hall–Kier alpha value is -3.07. The number of anilines is 4. The highest BCUT2D eigenvalue weighted by molar-refractivity contribution is 5.96. The van der Waals surface area contributed by atoms with Crippen LogP contribution >= 0.6 is 0 Å². The minimum absolute atomic E-state index is 0.222. The Morgan fingerprint density at radius 1 is 1.08 bits per heavy atom. The van der Waals surface area contributed by atoms with Crippen LogP contribution in [0.15, 0.2) is 30.7 Å². The number of methoxy groups -OCH3 is 1. The predicted molar refractivity (Wildman–Crippen MR) is 142 cm³/mol. The zero-order valence-corrected chi connectivity index (χ0v) is 21.6. The Morgan fingerprint density at radius 2 is 1.92 bits per heavy atom. The van der Waals surface area contributed by atoms with Crippen molar-refractivity contribution in [2.75, 3.05) is 48.4 Å². The van der Waals surface area contributed by atoms with Gasteiger partial charge in [0, 0.05) is 50.7 Å². The summed E-state index contributed by atoms with van der Waals surface area (Å²) in [5.41, 5.74) is 1.20. The molecule has 0 aromatic carbocycles. The lowest BCUT2D eigenvalue weighted by Crippen LogP contribution is -2.47. The molecule has 5 heterocycles. The van der Waals surface area contributed by atoms with Gasteiger partial charge in [-0.1, -0.05) is 27.2 Å². The molecule has 2 atom stereocenters. The first-order valence-corrected chi connectivity index (χ1v) is 13.0. The third kappa shape index (κ3) is 4.93. The maximum atomic E-state index is 14.4. The van der Waals surface area contributed by atoms with Gasteiger partial charge in [0.25, 0.3) is 0 Å². The summed E-state index contributed by atoms with van der Waals surface area (Å²) in [6.07, 6.45) is 7.29. The van der Waals surface area contributed by atoms with E-state index in [-0.39, 0.29) is 12.6 Å². The number of fused-ring (bicyclic) bond motifs is 1. The van der Waals surface area contributed by atoms with Gasteiger partial charge in [0.05, 0.1) is 12.6 Å². The highest BCUT2D eigenvalue weighted by Crippen LogP contribution is 2.36. The summed E-state index contributed by atoms with van der Waals surface area (Å²) in [5.74, 6) is 3.95. The first-order chi connectivity index (χ1) is 17.5. The lowest BCUT2D eigenvalue weighted by Gasteiger charge is -2.40. The first-order valence-electron chi connectivity index (χ1n) is 13.0. The molecule has 0 bridgehead atoms. The second kappa shape index (κ2) is 10.5. The number of alkyl halides is 1. The molecule has 2 fully saturated rings. The van der Waals surface area contributed by atoms with Gasteiger partial charge in [0.2, 0.25) is 5.95 Å². The molecule has 0 radical (unpaired) electrons. The second-order valence-corrected chi connectivity index (χ2v) is 10.3. The molecule has 0 aliphatic carbocycles. The van der Waals surface area contributed by atoms with Gasteiger partial charge in [0.15, 0.2) is 0 Å². The maximum absolute atomic E-state index is 14.4. The standard InChI is InChI=1S/C27H36FN7O/c1-5-6-18-14-35(15-18)26-21-13-30-25(11-19(21)20(12-31-26)17(2)3)32-24-7-9-29-27(33-24)34-10-8-23(36-4)22(28)16-34/h7,9,11-13,17-18,22-23H,5-6,8,10,14-16H2,1-4H3,(H,29,30,32,33)/t22-,23+/m1/s1. The molecule has 36 heavy (non-hydrogen) atoms. The van der Waals surface area contributed by atoms with E-state index >= 15 is 0 Å². The minimum atomic E-state index is -1.06. The molecule has 9 heteroatoms. The molecular weight excluding hydrogens is 457 g/mol. The van der Waals surface area contributed by atoms with E-state index in [1.54, 1.807) is 19.4 Å². The maximum Gasteiger partial charge on any atom is 0.227 e. The van der Waals surface area contributed by atoms with Crippen molar-refractivity contribution in [2.45, 2.75) is 58.2 Å². The Bertz CT molecular complexity index is 1200. The molecule has 8 nitrogen and oxygen atoms in total. The Kier molecular flexibility index (Phi) is 7.18. The SMILES string of the molecule is CCCC1CN(c2ncc(C(C)C)c3cc(Nc4ccnc(N5CC[C@H](OC)[C@H](F)C5)n4)ncc23)C1. The van der Waals surface area contributed by atoms with Gasteiger partial charge in [0.1, 0.15) is 23.6 Å². The smallest absolute Gasteiger partial charge is 0.227 e. The van der Waals surface area contributed by atoms with Crippen molar-refractivity contribution in [3.8, 4) is 0 Å². The molecule has 192 valence electrons. The lowest BCUT2D eigenvalue weighted by molar-refractivity contribution is 0.0194. The quantitative estimate of drug-likeness (QED) is 0.465. The van der Waals surface area contributed by atoms with Gasteiger partial charge in [-0.3, -0.25) is 0 Å². The van der Waals surface area contributed by atoms with Crippen molar-refractivity contribution in [3.05, 3.63) is 36.3 Å². The molecule has 2 saturated heterocycles. The number of hydrogen-bond acceptors (Lipinski definition) is 8. The fraction of sp³-hybridized carbons (Fsp3) is 0.556. The lowest BCUT2D eigenvalue weighted by atomic mass is 9.93. The van der Waals surface area contributed by atoms with E-state index in [1.165, 1.54) is 18.4 Å². The summed E-state index contributed by atoms with van der Waals surface area (Å²) < 4.78 is 19.6. The number of aromatic nitrogens is 4. The Labute approximate surface area is 212 Å². The van der Waals surface area contributed by atoms with Crippen LogP contribution in [0, 0.1) is 5.92 Å². The number of ether oxygens (including phenoxy) is 1. The third-order valence-corrected chi connectivity index (χ3v) is 7.32. The summed E-state index contributed by atoms with van der Waals surface area (Å²) >= 11 is 0. The van der Waals surface area contributed by atoms with Crippen LogP contribution in [0.4, 0.5) is 27.8 Å². The van der Waals surface area contributed by atoms with Crippen LogP contribution in [0.5, 0.6) is 0 Å². The number of piperidine rings is 1. The summed E-state index contributed by atoms with van der Waals surface area (Å²) in [6, 6.07) is 3.89. The number of halogens is 1. The highest BCUT2D eigenvalue weighted by atomic mass is 19.1. The molecule has 2 aliphatic heterocycles. The summed E-state index contributed by atoms with van der Waals surface area (Å²) in [4.78, 5) is 22.8. The molecular formula is C27H36FN7O. The van der Waals surface area contributed by atoms with Gasteiger partial charge in [-0.2, -0.15) is 4.98 Å². The van der Waals surface area contributed by atoms with E-state index in [9.17, 15) is 4.39 Å². The van der Waals surface area contributed by atoms with Crippen LogP contribution in [-0.4, -0.2) is 65.5 Å². The van der Waals surface area contributed by atoms with Crippen LogP contribution in [0.2, 0.25) is 0 Å². The monoisotopic (exact) mass is 493 g/mol. The van der Waals surface area contributed by atoms with E-state index in [0.29, 0.717) is 36.5 Å². The zero-order valence-electron chi connectivity index (χ0n) is 21.6. The van der Waals surface area contributed by atoms with Crippen molar-refractivity contribution in [1.82, 2.24) is 19.9 Å². The summed E-state index contributed by atoms with van der Waals surface area (Å²) in [6.45, 7) is 9.61. The highest BCUT2D eigenvalue weighted by Gasteiger charge is 2.31. The number of hydrogen-bond donors (Lipinski definition) is 1. The zero-order chi connectivity index (χ0) is 25.2. The molecule has 0 unspecified atom stereocenters. The van der Waals surface area contributed by atoms with Crippen molar-refractivity contribution in [2.24, 2.45) is 5.92 Å². The van der Waals surface area contributed by atoms with Gasteiger partial charge >= 0.3 is 0 Å². The van der Waals surface area contributed by atoms with E-state index in [4.69, 9.17) is 14.7 Å². The molecule has 0 amide bonds. The molecule has 2 aliphatic rings. The van der Waals surface area contributed by atoms with E-state index in [2.05, 4.69) is 47.0 Å². The normalized spacial score (nSPS) is 20.7. The molecule has 3 aromatic rings. The number of rotatable bonds is 8. The molecule has 1 N–H and O–H groups in total. The van der Waals surface area contributed by atoms with Gasteiger partial charge in [-0.15, -0.1) is 0 Å². The summed E-state index contributed by atoms with van der Waals surface area (Å²) in [5, 5.41) is 5.57. The van der Waals surface area contributed by atoms with Crippen LogP contribution in [0.25, 0.3) is 10.8 Å².